The summed E-state index contributed by atoms with van der Waals surface area (Å²) in [4.78, 5) is -0.411. The molecule has 0 radical (unpaired) electrons. The van der Waals surface area contributed by atoms with E-state index >= 15 is 0 Å². The van der Waals surface area contributed by atoms with Gasteiger partial charge in [-0.15, -0.1) is 0 Å². The second-order valence-corrected chi connectivity index (χ2v) is 6.82. The van der Waals surface area contributed by atoms with Gasteiger partial charge in [0.2, 0.25) is 10.0 Å². The first-order valence-corrected chi connectivity index (χ1v) is 7.76. The first kappa shape index (κ1) is 16.4. The van der Waals surface area contributed by atoms with Crippen molar-refractivity contribution < 1.29 is 12.8 Å². The molecule has 0 fully saturated rings. The summed E-state index contributed by atoms with van der Waals surface area (Å²) in [7, 11) is -2.24. The molecule has 0 aromatic heterocycles. The van der Waals surface area contributed by atoms with Gasteiger partial charge in [0.15, 0.2) is 0 Å². The fraction of sp³-hybridized carbons (Fsp3) is 0.500. The van der Waals surface area contributed by atoms with Crippen LogP contribution in [0.25, 0.3) is 0 Å². The molecular weight excluding hydrogens is 291 g/mol. The molecule has 0 spiro atoms. The second-order valence-electron chi connectivity index (χ2n) is 4.65. The van der Waals surface area contributed by atoms with Crippen molar-refractivity contribution in [3.63, 3.8) is 0 Å². The molecule has 1 aromatic carbocycles. The highest BCUT2D eigenvalue weighted by atomic mass is 35.5. The fourth-order valence-corrected chi connectivity index (χ4v) is 3.15. The molecule has 0 saturated carbocycles. The molecule has 0 amide bonds. The number of benzene rings is 1. The Morgan fingerprint density at radius 2 is 2.00 bits per heavy atom. The zero-order valence-electron chi connectivity index (χ0n) is 11.1. The smallest absolute Gasteiger partial charge is 0.243 e. The molecule has 0 aliphatic carbocycles. The minimum atomic E-state index is -3.89. The van der Waals surface area contributed by atoms with E-state index in [1.54, 1.807) is 7.05 Å². The van der Waals surface area contributed by atoms with Crippen LogP contribution >= 0.6 is 11.6 Å². The number of hydrogen-bond donors (Lipinski definition) is 2. The van der Waals surface area contributed by atoms with Crippen molar-refractivity contribution in [2.45, 2.75) is 25.3 Å². The molecule has 108 valence electrons. The molecular formula is C12H18ClFN2O2S. The zero-order valence-corrected chi connectivity index (χ0v) is 12.7. The summed E-state index contributed by atoms with van der Waals surface area (Å²) in [6.07, 6.45) is 0. The van der Waals surface area contributed by atoms with Crippen molar-refractivity contribution in [1.29, 1.82) is 0 Å². The Morgan fingerprint density at radius 1 is 1.37 bits per heavy atom. The van der Waals surface area contributed by atoms with Crippen molar-refractivity contribution in [2.75, 3.05) is 13.6 Å². The number of sulfonamides is 1. The van der Waals surface area contributed by atoms with Crippen LogP contribution in [0.2, 0.25) is 5.02 Å². The Balaban J connectivity index is 3.18. The van der Waals surface area contributed by atoms with Crippen molar-refractivity contribution >= 4 is 21.6 Å². The van der Waals surface area contributed by atoms with E-state index in [2.05, 4.69) is 10.0 Å². The quantitative estimate of drug-likeness (QED) is 0.846. The van der Waals surface area contributed by atoms with Crippen LogP contribution in [0, 0.1) is 11.7 Å². The Kier molecular flexibility index (Phi) is 5.73. The summed E-state index contributed by atoms with van der Waals surface area (Å²) in [5.74, 6) is -0.635. The molecule has 1 aromatic rings. The molecule has 1 rings (SSSR count). The zero-order chi connectivity index (χ0) is 14.6. The van der Waals surface area contributed by atoms with Crippen molar-refractivity contribution in [2.24, 2.45) is 5.92 Å². The number of halogens is 2. The van der Waals surface area contributed by atoms with Gasteiger partial charge in [-0.25, -0.2) is 17.5 Å². The SMILES string of the molecule is CNCc1cc(Cl)cc(S(=O)(=O)NCC(C)C)c1F. The maximum Gasteiger partial charge on any atom is 0.243 e. The lowest BCUT2D eigenvalue weighted by Gasteiger charge is -2.12. The summed E-state index contributed by atoms with van der Waals surface area (Å²) in [6, 6.07) is 2.54. The van der Waals surface area contributed by atoms with Crippen molar-refractivity contribution in [3.8, 4) is 0 Å². The number of rotatable bonds is 6. The third kappa shape index (κ3) is 4.42. The van der Waals surface area contributed by atoms with Crippen LogP contribution in [0.15, 0.2) is 17.0 Å². The molecule has 7 heteroatoms. The van der Waals surface area contributed by atoms with Crippen LogP contribution in [0.5, 0.6) is 0 Å². The summed E-state index contributed by atoms with van der Waals surface area (Å²) in [5, 5.41) is 2.96. The summed E-state index contributed by atoms with van der Waals surface area (Å²) >= 11 is 5.84. The van der Waals surface area contributed by atoms with Gasteiger partial charge in [0, 0.05) is 23.7 Å². The van der Waals surface area contributed by atoms with Gasteiger partial charge in [0.1, 0.15) is 10.7 Å². The van der Waals surface area contributed by atoms with E-state index in [1.165, 1.54) is 6.07 Å². The van der Waals surface area contributed by atoms with Crippen LogP contribution in [-0.2, 0) is 16.6 Å². The Bertz CT molecular complexity index is 547. The molecule has 2 N–H and O–H groups in total. The highest BCUT2D eigenvalue weighted by Crippen LogP contribution is 2.23. The van der Waals surface area contributed by atoms with Crippen LogP contribution in [0.4, 0.5) is 4.39 Å². The van der Waals surface area contributed by atoms with E-state index < -0.39 is 20.7 Å². The van der Waals surface area contributed by atoms with Crippen LogP contribution in [0.1, 0.15) is 19.4 Å². The van der Waals surface area contributed by atoms with Crippen LogP contribution < -0.4 is 10.0 Å². The monoisotopic (exact) mass is 308 g/mol. The van der Waals surface area contributed by atoms with Gasteiger partial charge in [-0.1, -0.05) is 25.4 Å². The molecule has 0 aliphatic rings. The van der Waals surface area contributed by atoms with Crippen molar-refractivity contribution in [3.05, 3.63) is 28.5 Å². The van der Waals surface area contributed by atoms with E-state index in [0.29, 0.717) is 0 Å². The van der Waals surface area contributed by atoms with Crippen LogP contribution in [0.3, 0.4) is 0 Å². The molecule has 0 saturated heterocycles. The normalized spacial score (nSPS) is 12.1. The van der Waals surface area contributed by atoms with E-state index in [1.807, 2.05) is 13.8 Å². The molecule has 0 heterocycles. The van der Waals surface area contributed by atoms with Gasteiger partial charge < -0.3 is 5.32 Å². The van der Waals surface area contributed by atoms with Gasteiger partial charge in [-0.2, -0.15) is 0 Å². The average molecular weight is 309 g/mol. The van der Waals surface area contributed by atoms with E-state index in [9.17, 15) is 12.8 Å². The predicted octanol–water partition coefficient (Wildman–Crippen LogP) is 2.13. The average Bonchev–Trinajstić information content (AvgIpc) is 2.31. The Labute approximate surface area is 118 Å². The molecule has 0 atom stereocenters. The molecule has 0 unspecified atom stereocenters. The Hall–Kier alpha value is -0.690. The highest BCUT2D eigenvalue weighted by Gasteiger charge is 2.22. The predicted molar refractivity (Wildman–Crippen MR) is 74.2 cm³/mol. The third-order valence-electron chi connectivity index (χ3n) is 2.42. The first-order valence-electron chi connectivity index (χ1n) is 5.90. The van der Waals surface area contributed by atoms with E-state index in [-0.39, 0.29) is 29.6 Å². The summed E-state index contributed by atoms with van der Waals surface area (Å²) < 4.78 is 40.6. The topological polar surface area (TPSA) is 58.2 Å². The third-order valence-corrected chi connectivity index (χ3v) is 4.06. The van der Waals surface area contributed by atoms with Gasteiger partial charge in [0.05, 0.1) is 0 Å². The minimum absolute atomic E-state index is 0.133. The lowest BCUT2D eigenvalue weighted by Crippen LogP contribution is -2.28. The first-order chi connectivity index (χ1) is 8.77. The lowest BCUT2D eigenvalue weighted by atomic mass is 10.2. The van der Waals surface area contributed by atoms with E-state index in [0.717, 1.165) is 6.07 Å². The van der Waals surface area contributed by atoms with Gasteiger partial charge in [0.25, 0.3) is 0 Å². The summed E-state index contributed by atoms with van der Waals surface area (Å²) in [5.41, 5.74) is 0.222. The largest absolute Gasteiger partial charge is 0.316 e. The number of nitrogens with one attached hydrogen (secondary N) is 2. The maximum absolute atomic E-state index is 14.1. The number of hydrogen-bond acceptors (Lipinski definition) is 3. The van der Waals surface area contributed by atoms with Gasteiger partial charge in [-0.3, -0.25) is 0 Å². The van der Waals surface area contributed by atoms with Crippen LogP contribution in [-0.4, -0.2) is 22.0 Å². The van der Waals surface area contributed by atoms with Crippen molar-refractivity contribution in [1.82, 2.24) is 10.0 Å². The standard InChI is InChI=1S/C12H18ClFN2O2S/c1-8(2)6-16-19(17,18)11-5-10(13)4-9(7-15-3)12(11)14/h4-5,8,15-16H,6-7H2,1-3H3. The fourth-order valence-electron chi connectivity index (χ4n) is 1.49. The molecule has 0 bridgehead atoms. The molecule has 19 heavy (non-hydrogen) atoms. The minimum Gasteiger partial charge on any atom is -0.316 e. The molecule has 0 aliphatic heterocycles. The van der Waals surface area contributed by atoms with Gasteiger partial charge >= 0.3 is 0 Å². The molecule has 4 nitrogen and oxygen atoms in total. The Morgan fingerprint density at radius 3 is 2.53 bits per heavy atom. The lowest BCUT2D eigenvalue weighted by molar-refractivity contribution is 0.536. The summed E-state index contributed by atoms with van der Waals surface area (Å²) in [6.45, 7) is 4.18. The maximum atomic E-state index is 14.1. The second kappa shape index (κ2) is 6.65. The van der Waals surface area contributed by atoms with Gasteiger partial charge in [-0.05, 0) is 25.1 Å². The highest BCUT2D eigenvalue weighted by molar-refractivity contribution is 7.89. The van der Waals surface area contributed by atoms with E-state index in [4.69, 9.17) is 11.6 Å².